The molecule has 2 aromatic carbocycles. The molecule has 13 heteroatoms. The average molecular weight is 552 g/mol. The van der Waals surface area contributed by atoms with Crippen molar-refractivity contribution in [1.29, 1.82) is 0 Å². The highest BCUT2D eigenvalue weighted by molar-refractivity contribution is 8.09. The second kappa shape index (κ2) is 10.3. The van der Waals surface area contributed by atoms with E-state index in [0.717, 1.165) is 30.1 Å². The summed E-state index contributed by atoms with van der Waals surface area (Å²) in [4.78, 5) is 10.6. The van der Waals surface area contributed by atoms with Crippen LogP contribution in [0.25, 0.3) is 10.6 Å². The number of sulfonamides is 1. The van der Waals surface area contributed by atoms with Crippen molar-refractivity contribution in [3.05, 3.63) is 82.9 Å². The third-order valence-corrected chi connectivity index (χ3v) is 8.69. The minimum absolute atomic E-state index is 0.0222. The molecule has 1 atom stereocenters. The Hall–Kier alpha value is -2.77. The molecule has 2 N–H and O–H groups in total. The van der Waals surface area contributed by atoms with Crippen LogP contribution in [0, 0.1) is 11.6 Å². The normalized spacial score (nSPS) is 18.8. The van der Waals surface area contributed by atoms with Gasteiger partial charge in [0.15, 0.2) is 0 Å². The van der Waals surface area contributed by atoms with Gasteiger partial charge in [-0.05, 0) is 30.3 Å². The molecule has 0 radical (unpaired) electrons. The molecule has 2 aliphatic rings. The summed E-state index contributed by atoms with van der Waals surface area (Å²) >= 11 is 8.26. The van der Waals surface area contributed by atoms with Gasteiger partial charge in [0.25, 0.3) is 10.0 Å². The van der Waals surface area contributed by atoms with Crippen molar-refractivity contribution in [3.8, 4) is 0 Å². The first-order valence-corrected chi connectivity index (χ1v) is 13.6. The zero-order valence-electron chi connectivity index (χ0n) is 18.6. The van der Waals surface area contributed by atoms with Gasteiger partial charge in [-0.1, -0.05) is 35.5 Å². The van der Waals surface area contributed by atoms with Gasteiger partial charge < -0.3 is 10.1 Å². The topological polar surface area (TPSA) is 96.5 Å². The Bertz CT molecular complexity index is 1420. The van der Waals surface area contributed by atoms with Crippen LogP contribution in [0.3, 0.4) is 0 Å². The number of hydrogen-bond acceptors (Lipinski definition) is 8. The van der Waals surface area contributed by atoms with Gasteiger partial charge in [0.2, 0.25) is 0 Å². The van der Waals surface area contributed by atoms with E-state index in [0.29, 0.717) is 36.2 Å². The van der Waals surface area contributed by atoms with E-state index in [1.165, 1.54) is 12.4 Å². The monoisotopic (exact) mass is 551 g/mol. The van der Waals surface area contributed by atoms with Crippen molar-refractivity contribution in [3.63, 3.8) is 0 Å². The molecule has 0 saturated carbocycles. The average Bonchev–Trinajstić information content (AvgIpc) is 3.33. The highest BCUT2D eigenvalue weighted by Gasteiger charge is 2.33. The van der Waals surface area contributed by atoms with E-state index in [2.05, 4.69) is 24.9 Å². The summed E-state index contributed by atoms with van der Waals surface area (Å²) in [6.07, 6.45) is 3.08. The Morgan fingerprint density at radius 1 is 1.17 bits per heavy atom. The van der Waals surface area contributed by atoms with Crippen LogP contribution in [-0.4, -0.2) is 55.1 Å². The van der Waals surface area contributed by atoms with Gasteiger partial charge in [-0.25, -0.2) is 27.2 Å². The van der Waals surface area contributed by atoms with Gasteiger partial charge in [-0.3, -0.25) is 9.62 Å². The third kappa shape index (κ3) is 5.04. The molecule has 1 aromatic heterocycles. The van der Waals surface area contributed by atoms with Crippen molar-refractivity contribution in [2.45, 2.75) is 10.4 Å². The number of anilines is 1. The summed E-state index contributed by atoms with van der Waals surface area (Å²) in [6, 6.07) is 8.82. The second-order valence-corrected chi connectivity index (χ2v) is 11.0. The van der Waals surface area contributed by atoms with E-state index >= 15 is 0 Å². The van der Waals surface area contributed by atoms with Gasteiger partial charge >= 0.3 is 0 Å². The van der Waals surface area contributed by atoms with Crippen molar-refractivity contribution < 1.29 is 21.9 Å². The first kappa shape index (κ1) is 24.9. The number of nitrogens with zero attached hydrogens (tertiary/aromatic N) is 3. The maximum absolute atomic E-state index is 14.2. The summed E-state index contributed by atoms with van der Waals surface area (Å²) in [5.41, 5.74) is 1.77. The molecule has 0 bridgehead atoms. The maximum Gasteiger partial charge on any atom is 0.264 e. The molecule has 3 heterocycles. The lowest BCUT2D eigenvalue weighted by Crippen LogP contribution is -2.46. The molecular formula is C23H20ClF2N5O3S2. The fourth-order valence-electron chi connectivity index (χ4n) is 3.87. The lowest BCUT2D eigenvalue weighted by Gasteiger charge is -2.32. The van der Waals surface area contributed by atoms with E-state index in [9.17, 15) is 17.2 Å². The number of ether oxygens (including phenoxy) is 1. The molecule has 1 unspecified atom stereocenters. The van der Waals surface area contributed by atoms with Crippen molar-refractivity contribution >= 4 is 49.7 Å². The molecule has 8 nitrogen and oxygen atoms in total. The first-order valence-electron chi connectivity index (χ1n) is 10.9. The van der Waals surface area contributed by atoms with E-state index in [4.69, 9.17) is 16.3 Å². The molecule has 5 rings (SSSR count). The fourth-order valence-corrected chi connectivity index (χ4v) is 6.64. The van der Waals surface area contributed by atoms with Crippen LogP contribution in [0.2, 0.25) is 5.02 Å². The third-order valence-electron chi connectivity index (χ3n) is 5.61. The summed E-state index contributed by atoms with van der Waals surface area (Å²) in [7, 11) is -4.46. The predicted molar refractivity (Wildman–Crippen MR) is 134 cm³/mol. The standard InChI is InChI=1S/C23H20ClF2N5O3S2/c24-20-15(2-1-3-17(20)30-36(32,33)19-12-14(25)4-5-16(19)26)21-22(18-6-7-27-13-28-18)35-23(29-21)31-8-10-34-11-9-31/h1-7,12-13,23,29-30H,8-11H2. The molecule has 36 heavy (non-hydrogen) atoms. The van der Waals surface area contributed by atoms with Crippen molar-refractivity contribution in [1.82, 2.24) is 20.2 Å². The highest BCUT2D eigenvalue weighted by Crippen LogP contribution is 2.45. The van der Waals surface area contributed by atoms with Crippen LogP contribution in [0.15, 0.2) is 59.9 Å². The lowest BCUT2D eigenvalue weighted by molar-refractivity contribution is 0.0305. The number of hydrogen-bond donors (Lipinski definition) is 2. The van der Waals surface area contributed by atoms with Crippen LogP contribution < -0.4 is 10.0 Å². The zero-order chi connectivity index (χ0) is 25.3. The van der Waals surface area contributed by atoms with Gasteiger partial charge in [-0.2, -0.15) is 0 Å². The molecule has 3 aromatic rings. The molecule has 0 amide bonds. The smallest absolute Gasteiger partial charge is 0.264 e. The minimum atomic E-state index is -4.46. The number of rotatable bonds is 6. The molecule has 0 spiro atoms. The largest absolute Gasteiger partial charge is 0.379 e. The van der Waals surface area contributed by atoms with Crippen LogP contribution in [0.5, 0.6) is 0 Å². The number of halogens is 3. The predicted octanol–water partition coefficient (Wildman–Crippen LogP) is 3.99. The summed E-state index contributed by atoms with van der Waals surface area (Å²) in [5, 5.41) is 3.58. The Labute approximate surface area is 215 Å². The zero-order valence-corrected chi connectivity index (χ0v) is 21.0. The van der Waals surface area contributed by atoms with Crippen molar-refractivity contribution in [2.24, 2.45) is 0 Å². The number of nitrogens with one attached hydrogen (secondary N) is 2. The Morgan fingerprint density at radius 2 is 1.97 bits per heavy atom. The number of thioether (sulfide) groups is 1. The molecule has 1 saturated heterocycles. The van der Waals surface area contributed by atoms with E-state index in [1.54, 1.807) is 36.2 Å². The van der Waals surface area contributed by atoms with Gasteiger partial charge in [0.05, 0.1) is 40.2 Å². The van der Waals surface area contributed by atoms with Crippen LogP contribution in [0.1, 0.15) is 11.3 Å². The Balaban J connectivity index is 1.52. The van der Waals surface area contributed by atoms with Crippen molar-refractivity contribution in [2.75, 3.05) is 31.0 Å². The second-order valence-electron chi connectivity index (χ2n) is 7.91. The van der Waals surface area contributed by atoms with Gasteiger partial charge in [0.1, 0.15) is 28.4 Å². The fraction of sp³-hybridized carbons (Fsp3) is 0.217. The quantitative estimate of drug-likeness (QED) is 0.475. The minimum Gasteiger partial charge on any atom is -0.379 e. The van der Waals surface area contributed by atoms with Crippen LogP contribution >= 0.6 is 23.4 Å². The Kier molecular flexibility index (Phi) is 7.13. The summed E-state index contributed by atoms with van der Waals surface area (Å²) in [6.45, 7) is 2.71. The first-order chi connectivity index (χ1) is 17.3. The van der Waals surface area contributed by atoms with E-state index in [-0.39, 0.29) is 16.2 Å². The van der Waals surface area contributed by atoms with Crippen LogP contribution in [0.4, 0.5) is 14.5 Å². The van der Waals surface area contributed by atoms with Gasteiger partial charge in [0, 0.05) is 24.8 Å². The molecule has 1 fully saturated rings. The highest BCUT2D eigenvalue weighted by atomic mass is 35.5. The number of aromatic nitrogens is 2. The van der Waals surface area contributed by atoms with E-state index in [1.807, 2.05) is 0 Å². The molecule has 0 aliphatic carbocycles. The Morgan fingerprint density at radius 3 is 2.72 bits per heavy atom. The summed E-state index contributed by atoms with van der Waals surface area (Å²) < 4.78 is 61.3. The molecule has 188 valence electrons. The van der Waals surface area contributed by atoms with E-state index < -0.39 is 26.6 Å². The lowest BCUT2D eigenvalue weighted by atomic mass is 10.1. The number of morpholine rings is 1. The van der Waals surface area contributed by atoms with Crippen LogP contribution in [-0.2, 0) is 14.8 Å². The summed E-state index contributed by atoms with van der Waals surface area (Å²) in [5.74, 6) is -1.95. The molecular weight excluding hydrogens is 532 g/mol. The number of benzene rings is 2. The molecule has 2 aliphatic heterocycles. The maximum atomic E-state index is 14.2. The van der Waals surface area contributed by atoms with Gasteiger partial charge in [-0.15, -0.1) is 0 Å². The SMILES string of the molecule is O=S(=O)(Nc1cccc(C2=C(c3ccncn3)SC(N3CCOCC3)N2)c1Cl)c1cc(F)ccc1F.